The van der Waals surface area contributed by atoms with Gasteiger partial charge in [-0.15, -0.1) is 0 Å². The van der Waals surface area contributed by atoms with Crippen molar-refractivity contribution >= 4 is 17.5 Å². The van der Waals surface area contributed by atoms with E-state index in [1.165, 1.54) is 5.56 Å². The summed E-state index contributed by atoms with van der Waals surface area (Å²) in [5.41, 5.74) is 2.33. The van der Waals surface area contributed by atoms with E-state index in [0.29, 0.717) is 19.0 Å². The van der Waals surface area contributed by atoms with Crippen LogP contribution < -0.4 is 4.90 Å². The molecule has 4 atom stereocenters. The number of carbonyl (C=O) groups is 2. The Balaban J connectivity index is 1.39. The number of hydrogen-bond acceptors (Lipinski definition) is 4. The molecule has 2 bridgehead atoms. The van der Waals surface area contributed by atoms with Crippen molar-refractivity contribution in [3.8, 4) is 0 Å². The van der Waals surface area contributed by atoms with Crippen LogP contribution in [0.25, 0.3) is 0 Å². The summed E-state index contributed by atoms with van der Waals surface area (Å²) in [5, 5.41) is 0. The van der Waals surface area contributed by atoms with E-state index in [0.717, 1.165) is 11.3 Å². The van der Waals surface area contributed by atoms with Crippen molar-refractivity contribution < 1.29 is 14.3 Å². The molecule has 5 rings (SSSR count). The molecule has 31 heavy (non-hydrogen) atoms. The molecule has 0 N–H and O–H groups in total. The Hall–Kier alpha value is -2.99. The highest BCUT2D eigenvalue weighted by Gasteiger charge is 2.67. The Kier molecular flexibility index (Phi) is 4.70. The molecule has 3 aliphatic rings. The maximum atomic E-state index is 13.5. The van der Waals surface area contributed by atoms with Crippen molar-refractivity contribution in [3.05, 3.63) is 72.1 Å². The van der Waals surface area contributed by atoms with Gasteiger partial charge < -0.3 is 14.5 Å². The molecule has 0 aliphatic carbocycles. The highest BCUT2D eigenvalue weighted by Crippen LogP contribution is 2.53. The number of benzene rings is 1. The summed E-state index contributed by atoms with van der Waals surface area (Å²) in [4.78, 5) is 34.5. The Labute approximate surface area is 182 Å². The minimum absolute atomic E-state index is 0.0303. The Morgan fingerprint density at radius 1 is 1.29 bits per heavy atom. The van der Waals surface area contributed by atoms with Gasteiger partial charge >= 0.3 is 0 Å². The summed E-state index contributed by atoms with van der Waals surface area (Å²) in [7, 11) is 1.78. The predicted octanol–water partition coefficient (Wildman–Crippen LogP) is 3.15. The molecule has 6 nitrogen and oxygen atoms in total. The van der Waals surface area contributed by atoms with Crippen LogP contribution in [-0.4, -0.2) is 47.0 Å². The zero-order valence-electron chi connectivity index (χ0n) is 18.1. The van der Waals surface area contributed by atoms with Gasteiger partial charge in [-0.2, -0.15) is 0 Å². The second-order valence-corrected chi connectivity index (χ2v) is 9.13. The van der Waals surface area contributed by atoms with E-state index in [2.05, 4.69) is 31.0 Å². The zero-order valence-corrected chi connectivity index (χ0v) is 18.1. The van der Waals surface area contributed by atoms with Gasteiger partial charge in [-0.1, -0.05) is 44.2 Å². The predicted molar refractivity (Wildman–Crippen MR) is 117 cm³/mol. The first-order valence-corrected chi connectivity index (χ1v) is 10.8. The third-order valence-electron chi connectivity index (χ3n) is 6.78. The number of ether oxygens (including phenoxy) is 1. The fraction of sp³-hybridized carbons (Fsp3) is 0.400. The van der Waals surface area contributed by atoms with Crippen molar-refractivity contribution in [2.75, 3.05) is 18.5 Å². The number of rotatable bonds is 5. The first-order valence-electron chi connectivity index (χ1n) is 10.8. The standard InChI is InChI=1S/C25H27N3O3/c1-16(2)18-6-8-19(9-7-18)28-15-25-11-10-20(31-25)21(22(25)24(28)30)23(29)27(3)14-17-5-4-12-26-13-17/h4-13,16,20-22H,14-15H2,1-3H3/t20-,21-,22-,25-/m0/s1. The number of carbonyl (C=O) groups excluding carboxylic acids is 2. The number of pyridine rings is 1. The molecule has 2 fully saturated rings. The number of hydrogen-bond donors (Lipinski definition) is 0. The van der Waals surface area contributed by atoms with E-state index >= 15 is 0 Å². The largest absolute Gasteiger partial charge is 0.360 e. The van der Waals surface area contributed by atoms with Gasteiger partial charge in [0.15, 0.2) is 0 Å². The molecule has 1 spiro atoms. The summed E-state index contributed by atoms with van der Waals surface area (Å²) in [6, 6.07) is 11.9. The lowest BCUT2D eigenvalue weighted by Gasteiger charge is -2.27. The van der Waals surface area contributed by atoms with E-state index in [9.17, 15) is 9.59 Å². The molecular weight excluding hydrogens is 390 g/mol. The van der Waals surface area contributed by atoms with E-state index in [1.54, 1.807) is 29.2 Å². The fourth-order valence-corrected chi connectivity index (χ4v) is 5.14. The molecule has 0 saturated carbocycles. The monoisotopic (exact) mass is 417 g/mol. The lowest BCUT2D eigenvalue weighted by molar-refractivity contribution is -0.139. The van der Waals surface area contributed by atoms with Gasteiger partial charge in [-0.3, -0.25) is 14.6 Å². The van der Waals surface area contributed by atoms with Crippen molar-refractivity contribution in [2.45, 2.75) is 38.0 Å². The maximum Gasteiger partial charge on any atom is 0.234 e. The van der Waals surface area contributed by atoms with Gasteiger partial charge in [0.25, 0.3) is 0 Å². The molecule has 2 saturated heterocycles. The van der Waals surface area contributed by atoms with Gasteiger partial charge in [0.2, 0.25) is 11.8 Å². The van der Waals surface area contributed by atoms with Gasteiger partial charge in [0.1, 0.15) is 5.60 Å². The molecule has 2 aromatic rings. The summed E-state index contributed by atoms with van der Waals surface area (Å²) in [6.45, 7) is 5.19. The highest BCUT2D eigenvalue weighted by atomic mass is 16.5. The number of aromatic nitrogens is 1. The SMILES string of the molecule is CC(C)c1ccc(N2C[C@]34C=C[C@H](O3)[C@H](C(=O)N(C)Cc3cccnc3)[C@H]4C2=O)cc1. The second-order valence-electron chi connectivity index (χ2n) is 9.13. The first-order chi connectivity index (χ1) is 14.9. The molecule has 1 aromatic carbocycles. The summed E-state index contributed by atoms with van der Waals surface area (Å²) < 4.78 is 6.27. The third kappa shape index (κ3) is 3.17. The molecule has 6 heteroatoms. The van der Waals surface area contributed by atoms with Crippen molar-refractivity contribution in [1.29, 1.82) is 0 Å². The van der Waals surface area contributed by atoms with Crippen LogP contribution in [0.4, 0.5) is 5.69 Å². The average Bonchev–Trinajstić information content (AvgIpc) is 3.42. The van der Waals surface area contributed by atoms with Gasteiger partial charge in [-0.25, -0.2) is 0 Å². The van der Waals surface area contributed by atoms with E-state index in [4.69, 9.17) is 4.74 Å². The Bertz CT molecular complexity index is 1030. The summed E-state index contributed by atoms with van der Waals surface area (Å²) in [6.07, 6.45) is 7.07. The average molecular weight is 418 g/mol. The third-order valence-corrected chi connectivity index (χ3v) is 6.78. The van der Waals surface area contributed by atoms with Crippen LogP contribution in [-0.2, 0) is 20.9 Å². The molecular formula is C25H27N3O3. The van der Waals surface area contributed by atoms with Crippen LogP contribution in [0.15, 0.2) is 60.9 Å². The lowest BCUT2D eigenvalue weighted by atomic mass is 9.76. The number of fused-ring (bicyclic) bond motifs is 1. The minimum atomic E-state index is -0.714. The van der Waals surface area contributed by atoms with Crippen LogP contribution in [0.2, 0.25) is 0 Å². The smallest absolute Gasteiger partial charge is 0.234 e. The van der Waals surface area contributed by atoms with E-state index in [-0.39, 0.29) is 17.9 Å². The molecule has 160 valence electrons. The fourth-order valence-electron chi connectivity index (χ4n) is 5.14. The molecule has 2 amide bonds. The van der Waals surface area contributed by atoms with Crippen LogP contribution in [0.1, 0.15) is 30.9 Å². The van der Waals surface area contributed by atoms with Crippen LogP contribution in [0.5, 0.6) is 0 Å². The Morgan fingerprint density at radius 2 is 2.06 bits per heavy atom. The highest BCUT2D eigenvalue weighted by molar-refractivity contribution is 6.03. The molecule has 4 heterocycles. The summed E-state index contributed by atoms with van der Waals surface area (Å²) in [5.74, 6) is -0.650. The van der Waals surface area contributed by atoms with E-state index in [1.807, 2.05) is 36.4 Å². The Morgan fingerprint density at radius 3 is 2.74 bits per heavy atom. The maximum absolute atomic E-state index is 13.5. The normalized spacial score (nSPS) is 28.5. The number of amides is 2. The molecule has 0 radical (unpaired) electrons. The molecule has 1 aromatic heterocycles. The number of anilines is 1. The van der Waals surface area contributed by atoms with Crippen LogP contribution in [0.3, 0.4) is 0 Å². The zero-order chi connectivity index (χ0) is 21.8. The molecule has 0 unspecified atom stereocenters. The molecule has 3 aliphatic heterocycles. The van der Waals surface area contributed by atoms with Crippen molar-refractivity contribution in [2.24, 2.45) is 11.8 Å². The van der Waals surface area contributed by atoms with Crippen LogP contribution in [0, 0.1) is 11.8 Å². The van der Waals surface area contributed by atoms with E-state index < -0.39 is 17.4 Å². The quantitative estimate of drug-likeness (QED) is 0.701. The van der Waals surface area contributed by atoms with Gasteiger partial charge in [0.05, 0.1) is 24.5 Å². The summed E-state index contributed by atoms with van der Waals surface area (Å²) >= 11 is 0. The minimum Gasteiger partial charge on any atom is -0.360 e. The van der Waals surface area contributed by atoms with Crippen molar-refractivity contribution in [3.63, 3.8) is 0 Å². The second kappa shape index (κ2) is 7.31. The van der Waals surface area contributed by atoms with Gasteiger partial charge in [-0.05, 0) is 35.2 Å². The van der Waals surface area contributed by atoms with Crippen molar-refractivity contribution in [1.82, 2.24) is 9.88 Å². The first kappa shape index (κ1) is 19.9. The van der Waals surface area contributed by atoms with Gasteiger partial charge in [0, 0.05) is 31.7 Å². The van der Waals surface area contributed by atoms with Crippen LogP contribution >= 0.6 is 0 Å². The lowest BCUT2D eigenvalue weighted by Crippen LogP contribution is -2.44. The number of nitrogens with zero attached hydrogens (tertiary/aromatic N) is 3. The topological polar surface area (TPSA) is 62.7 Å².